The monoisotopic (exact) mass is 237 g/mol. The highest BCUT2D eigenvalue weighted by Gasteiger charge is 2.39. The zero-order chi connectivity index (χ0) is 12.0. The number of rotatable bonds is 3. The first-order valence-corrected chi connectivity index (χ1v) is 5.65. The van der Waals surface area contributed by atoms with E-state index in [2.05, 4.69) is 16.2 Å². The topological polar surface area (TPSA) is 14.2 Å². The van der Waals surface area contributed by atoms with Crippen LogP contribution < -0.4 is 4.74 Å². The lowest BCUT2D eigenvalue weighted by atomic mass is 10.2. The minimum atomic E-state index is -2.77. The third kappa shape index (κ3) is 1.77. The number of benzene rings is 1. The minimum Gasteiger partial charge on any atom is -0.435 e. The molecule has 1 aliphatic carbocycles. The van der Waals surface area contributed by atoms with Crippen LogP contribution in [0.25, 0.3) is 10.9 Å². The molecule has 4 heteroatoms. The fourth-order valence-corrected chi connectivity index (χ4v) is 2.18. The first-order valence-electron chi connectivity index (χ1n) is 5.65. The zero-order valence-electron chi connectivity index (χ0n) is 9.49. The van der Waals surface area contributed by atoms with Gasteiger partial charge in [-0.2, -0.15) is 8.78 Å². The summed E-state index contributed by atoms with van der Waals surface area (Å²) in [6.45, 7) is -0.597. The van der Waals surface area contributed by atoms with Gasteiger partial charge >= 0.3 is 6.61 Å². The Kier molecular flexibility index (Phi) is 2.15. The number of halogens is 2. The molecule has 1 heterocycles. The molecule has 0 spiro atoms. The summed E-state index contributed by atoms with van der Waals surface area (Å²) in [7, 11) is 0. The highest BCUT2D eigenvalue weighted by atomic mass is 19.3. The van der Waals surface area contributed by atoms with Crippen LogP contribution >= 0.6 is 0 Å². The molecule has 1 fully saturated rings. The Morgan fingerprint density at radius 3 is 2.71 bits per heavy atom. The molecule has 0 unspecified atom stereocenters. The SMILES string of the molecule is CC1(n2ccc3ccc(OC(F)F)cc32)CC1. The molecule has 2 nitrogen and oxygen atoms in total. The Bertz CT molecular complexity index is 558. The van der Waals surface area contributed by atoms with E-state index in [9.17, 15) is 8.78 Å². The molecule has 17 heavy (non-hydrogen) atoms. The maximum absolute atomic E-state index is 12.2. The number of hydrogen-bond donors (Lipinski definition) is 0. The van der Waals surface area contributed by atoms with Crippen molar-refractivity contribution in [1.29, 1.82) is 0 Å². The molecule has 3 rings (SSSR count). The van der Waals surface area contributed by atoms with Crippen molar-refractivity contribution in [2.75, 3.05) is 0 Å². The predicted octanol–water partition coefficient (Wildman–Crippen LogP) is 3.75. The number of hydrogen-bond acceptors (Lipinski definition) is 1. The van der Waals surface area contributed by atoms with E-state index in [0.717, 1.165) is 23.7 Å². The summed E-state index contributed by atoms with van der Waals surface area (Å²) in [4.78, 5) is 0. The summed E-state index contributed by atoms with van der Waals surface area (Å²) in [5.74, 6) is 0.219. The molecule has 0 atom stereocenters. The van der Waals surface area contributed by atoms with E-state index in [-0.39, 0.29) is 11.3 Å². The molecule has 90 valence electrons. The summed E-state index contributed by atoms with van der Waals surface area (Å²) >= 11 is 0. The van der Waals surface area contributed by atoms with Gasteiger partial charge in [0.2, 0.25) is 0 Å². The normalized spacial score (nSPS) is 17.6. The van der Waals surface area contributed by atoms with Gasteiger partial charge in [-0.05, 0) is 43.4 Å². The van der Waals surface area contributed by atoms with Gasteiger partial charge in [0, 0.05) is 17.8 Å². The van der Waals surface area contributed by atoms with Gasteiger partial charge in [-0.25, -0.2) is 0 Å². The molecule has 0 aliphatic heterocycles. The summed E-state index contributed by atoms with van der Waals surface area (Å²) in [5, 5.41) is 1.06. The van der Waals surface area contributed by atoms with Gasteiger partial charge in [0.15, 0.2) is 0 Å². The molecule has 1 aliphatic rings. The number of alkyl halides is 2. The molecule has 0 N–H and O–H groups in total. The average Bonchev–Trinajstić information content (AvgIpc) is 2.87. The first-order chi connectivity index (χ1) is 8.08. The van der Waals surface area contributed by atoms with E-state index >= 15 is 0 Å². The summed E-state index contributed by atoms with van der Waals surface area (Å²) in [6, 6.07) is 7.08. The molecule has 1 saturated carbocycles. The molecule has 0 bridgehead atoms. The highest BCUT2D eigenvalue weighted by molar-refractivity contribution is 5.82. The highest BCUT2D eigenvalue weighted by Crippen LogP contribution is 2.45. The predicted molar refractivity (Wildman–Crippen MR) is 61.5 cm³/mol. The second-order valence-corrected chi connectivity index (χ2v) is 4.78. The fraction of sp³-hybridized carbons (Fsp3) is 0.385. The Hall–Kier alpha value is -1.58. The number of nitrogens with zero attached hydrogens (tertiary/aromatic N) is 1. The average molecular weight is 237 g/mol. The maximum Gasteiger partial charge on any atom is 0.387 e. The van der Waals surface area contributed by atoms with Crippen LogP contribution in [0.1, 0.15) is 19.8 Å². The Labute approximate surface area is 97.8 Å². The lowest BCUT2D eigenvalue weighted by Gasteiger charge is -2.13. The summed E-state index contributed by atoms with van der Waals surface area (Å²) < 4.78 is 30.9. The van der Waals surface area contributed by atoms with Gasteiger partial charge in [-0.3, -0.25) is 0 Å². The van der Waals surface area contributed by atoms with Crippen LogP contribution in [0.4, 0.5) is 8.78 Å². The van der Waals surface area contributed by atoms with Gasteiger partial charge < -0.3 is 9.30 Å². The summed E-state index contributed by atoms with van der Waals surface area (Å²) in [6.07, 6.45) is 4.29. The standard InChI is InChI=1S/C13H13F2NO/c1-13(5-6-13)16-7-4-9-2-3-10(8-11(9)16)17-12(14)15/h2-4,7-8,12H,5-6H2,1H3. The number of fused-ring (bicyclic) bond motifs is 1. The third-order valence-corrected chi connectivity index (χ3v) is 3.44. The maximum atomic E-state index is 12.2. The van der Waals surface area contributed by atoms with Crippen LogP contribution in [0.3, 0.4) is 0 Å². The van der Waals surface area contributed by atoms with Gasteiger partial charge in [0.25, 0.3) is 0 Å². The van der Waals surface area contributed by atoms with E-state index in [1.165, 1.54) is 0 Å². The van der Waals surface area contributed by atoms with Crippen LogP contribution in [0.5, 0.6) is 5.75 Å². The minimum absolute atomic E-state index is 0.158. The second kappa shape index (κ2) is 3.45. The zero-order valence-corrected chi connectivity index (χ0v) is 9.49. The third-order valence-electron chi connectivity index (χ3n) is 3.44. The van der Waals surface area contributed by atoms with E-state index in [1.807, 2.05) is 18.3 Å². The van der Waals surface area contributed by atoms with Crippen molar-refractivity contribution < 1.29 is 13.5 Å². The van der Waals surface area contributed by atoms with Crippen molar-refractivity contribution >= 4 is 10.9 Å². The fourth-order valence-electron chi connectivity index (χ4n) is 2.18. The van der Waals surface area contributed by atoms with Crippen molar-refractivity contribution in [2.45, 2.75) is 31.9 Å². The van der Waals surface area contributed by atoms with Gasteiger partial charge in [-0.15, -0.1) is 0 Å². The largest absolute Gasteiger partial charge is 0.435 e. The van der Waals surface area contributed by atoms with Crippen LogP contribution in [-0.2, 0) is 5.54 Å². The second-order valence-electron chi connectivity index (χ2n) is 4.78. The smallest absolute Gasteiger partial charge is 0.387 e. The van der Waals surface area contributed by atoms with E-state index < -0.39 is 6.61 Å². The van der Waals surface area contributed by atoms with E-state index in [1.54, 1.807) is 12.1 Å². The van der Waals surface area contributed by atoms with E-state index in [0.29, 0.717) is 0 Å². The van der Waals surface area contributed by atoms with Crippen LogP contribution in [0, 0.1) is 0 Å². The molecular weight excluding hydrogens is 224 g/mol. The van der Waals surface area contributed by atoms with Gasteiger partial charge in [0.1, 0.15) is 5.75 Å². The van der Waals surface area contributed by atoms with Crippen LogP contribution in [-0.4, -0.2) is 11.2 Å². The molecule has 0 amide bonds. The Morgan fingerprint density at radius 2 is 2.06 bits per heavy atom. The molecule has 0 saturated heterocycles. The molecule has 2 aromatic rings. The Balaban J connectivity index is 2.07. The van der Waals surface area contributed by atoms with E-state index in [4.69, 9.17) is 0 Å². The van der Waals surface area contributed by atoms with Gasteiger partial charge in [0.05, 0.1) is 5.52 Å². The number of aromatic nitrogens is 1. The quantitative estimate of drug-likeness (QED) is 0.793. The van der Waals surface area contributed by atoms with Crippen LogP contribution in [0.15, 0.2) is 30.5 Å². The van der Waals surface area contributed by atoms with Crippen molar-refractivity contribution in [2.24, 2.45) is 0 Å². The molecule has 1 aromatic heterocycles. The van der Waals surface area contributed by atoms with Gasteiger partial charge in [-0.1, -0.05) is 0 Å². The molecular formula is C13H13F2NO. The van der Waals surface area contributed by atoms with Crippen molar-refractivity contribution in [3.05, 3.63) is 30.5 Å². The van der Waals surface area contributed by atoms with Crippen molar-refractivity contribution in [3.8, 4) is 5.75 Å². The number of ether oxygens (including phenoxy) is 1. The van der Waals surface area contributed by atoms with Crippen LogP contribution in [0.2, 0.25) is 0 Å². The molecule has 0 radical (unpaired) electrons. The van der Waals surface area contributed by atoms with Crippen molar-refractivity contribution in [1.82, 2.24) is 4.57 Å². The molecule has 1 aromatic carbocycles. The first kappa shape index (κ1) is 10.6. The van der Waals surface area contributed by atoms with Crippen molar-refractivity contribution in [3.63, 3.8) is 0 Å². The summed E-state index contributed by atoms with van der Waals surface area (Å²) in [5.41, 5.74) is 1.12. The Morgan fingerprint density at radius 1 is 1.29 bits per heavy atom. The lowest BCUT2D eigenvalue weighted by molar-refractivity contribution is -0.0497. The lowest BCUT2D eigenvalue weighted by Crippen LogP contribution is -2.10.